The standard InChI is InChI=1S/C10H13F3N4OS/c11-10(12,13)8-16-17-9(19-8)15-6-5(14)4-2-1-3-18-7(4)6/h4-7H,1-3,14H2,(H,15,17). The minimum absolute atomic E-state index is 0.0259. The van der Waals surface area contributed by atoms with Crippen LogP contribution in [0.25, 0.3) is 0 Å². The first-order valence-electron chi connectivity index (χ1n) is 6.01. The highest BCUT2D eigenvalue weighted by atomic mass is 32.1. The van der Waals surface area contributed by atoms with Crippen molar-refractivity contribution in [3.63, 3.8) is 0 Å². The number of fused-ring (bicyclic) bond motifs is 1. The van der Waals surface area contributed by atoms with Crippen molar-refractivity contribution in [2.24, 2.45) is 11.7 Å². The van der Waals surface area contributed by atoms with Crippen molar-refractivity contribution >= 4 is 16.5 Å². The second-order valence-electron chi connectivity index (χ2n) is 4.80. The Hall–Kier alpha value is -0.930. The fraction of sp³-hybridized carbons (Fsp3) is 0.800. The minimum Gasteiger partial charge on any atom is -0.376 e. The molecular weight excluding hydrogens is 281 g/mol. The van der Waals surface area contributed by atoms with Crippen molar-refractivity contribution < 1.29 is 17.9 Å². The van der Waals surface area contributed by atoms with Gasteiger partial charge in [-0.1, -0.05) is 11.3 Å². The quantitative estimate of drug-likeness (QED) is 0.864. The smallest absolute Gasteiger partial charge is 0.376 e. The van der Waals surface area contributed by atoms with E-state index in [2.05, 4.69) is 15.5 Å². The summed E-state index contributed by atoms with van der Waals surface area (Å²) in [4.78, 5) is 0. The molecule has 0 aromatic carbocycles. The molecular formula is C10H13F3N4OS. The Labute approximate surface area is 111 Å². The summed E-state index contributed by atoms with van der Waals surface area (Å²) in [6, 6.07) is -0.289. The number of nitrogens with zero attached hydrogens (tertiary/aromatic N) is 2. The van der Waals surface area contributed by atoms with E-state index in [0.717, 1.165) is 12.8 Å². The van der Waals surface area contributed by atoms with Gasteiger partial charge in [0.15, 0.2) is 0 Å². The Kier molecular flexibility index (Phi) is 3.14. The molecule has 0 amide bonds. The van der Waals surface area contributed by atoms with Crippen LogP contribution < -0.4 is 11.1 Å². The Balaban J connectivity index is 1.67. The van der Waals surface area contributed by atoms with E-state index in [1.54, 1.807) is 0 Å². The second kappa shape index (κ2) is 4.57. The van der Waals surface area contributed by atoms with Gasteiger partial charge in [0.2, 0.25) is 10.1 Å². The van der Waals surface area contributed by atoms with Crippen LogP contribution in [-0.4, -0.2) is 35.0 Å². The molecule has 3 rings (SSSR count). The molecule has 2 heterocycles. The van der Waals surface area contributed by atoms with E-state index in [0.29, 0.717) is 23.9 Å². The lowest BCUT2D eigenvalue weighted by atomic mass is 9.69. The van der Waals surface area contributed by atoms with Crippen LogP contribution in [0.3, 0.4) is 0 Å². The average molecular weight is 294 g/mol. The maximum atomic E-state index is 12.4. The SMILES string of the molecule is NC1C2CCCOC2C1Nc1nnc(C(F)(F)F)s1. The highest BCUT2D eigenvalue weighted by Crippen LogP contribution is 2.40. The van der Waals surface area contributed by atoms with Crippen molar-refractivity contribution in [3.8, 4) is 0 Å². The number of hydrogen-bond donors (Lipinski definition) is 2. The molecule has 3 N–H and O–H groups in total. The molecule has 2 fully saturated rings. The Bertz CT molecular complexity index is 466. The molecule has 1 saturated carbocycles. The Morgan fingerprint density at radius 1 is 1.37 bits per heavy atom. The van der Waals surface area contributed by atoms with Gasteiger partial charge in [0, 0.05) is 18.6 Å². The van der Waals surface area contributed by atoms with Crippen LogP contribution in [0.5, 0.6) is 0 Å². The molecule has 5 nitrogen and oxygen atoms in total. The molecule has 1 aromatic rings. The van der Waals surface area contributed by atoms with E-state index in [4.69, 9.17) is 10.5 Å². The van der Waals surface area contributed by atoms with E-state index >= 15 is 0 Å². The zero-order valence-electron chi connectivity index (χ0n) is 9.85. The molecule has 1 aliphatic heterocycles. The lowest BCUT2D eigenvalue weighted by Gasteiger charge is -2.52. The summed E-state index contributed by atoms with van der Waals surface area (Å²) < 4.78 is 42.8. The van der Waals surface area contributed by atoms with Gasteiger partial charge in [0.05, 0.1) is 12.1 Å². The summed E-state index contributed by atoms with van der Waals surface area (Å²) in [6.45, 7) is 0.677. The molecule has 0 spiro atoms. The molecule has 4 atom stereocenters. The highest BCUT2D eigenvalue weighted by Gasteiger charge is 2.51. The molecule has 2 aliphatic rings. The zero-order chi connectivity index (χ0) is 13.6. The number of ether oxygens (including phenoxy) is 1. The topological polar surface area (TPSA) is 73.1 Å². The van der Waals surface area contributed by atoms with Crippen LogP contribution in [0, 0.1) is 5.92 Å². The predicted octanol–water partition coefficient (Wildman–Crippen LogP) is 1.47. The fourth-order valence-corrected chi connectivity index (χ4v) is 3.32. The van der Waals surface area contributed by atoms with E-state index in [9.17, 15) is 13.2 Å². The number of nitrogens with two attached hydrogens (primary N) is 1. The molecule has 106 valence electrons. The lowest BCUT2D eigenvalue weighted by Crippen LogP contribution is -2.69. The van der Waals surface area contributed by atoms with Gasteiger partial charge >= 0.3 is 6.18 Å². The average Bonchev–Trinajstić information content (AvgIpc) is 2.84. The number of alkyl halides is 3. The number of nitrogens with one attached hydrogen (secondary N) is 1. The van der Waals surface area contributed by atoms with Crippen molar-refractivity contribution in [1.82, 2.24) is 10.2 Å². The normalized spacial score (nSPS) is 34.5. The van der Waals surface area contributed by atoms with Gasteiger partial charge in [-0.3, -0.25) is 0 Å². The third-order valence-corrected chi connectivity index (χ3v) is 4.53. The monoisotopic (exact) mass is 294 g/mol. The van der Waals surface area contributed by atoms with Gasteiger partial charge in [0.1, 0.15) is 0 Å². The van der Waals surface area contributed by atoms with Crippen LogP contribution in [0.4, 0.5) is 18.3 Å². The molecule has 19 heavy (non-hydrogen) atoms. The van der Waals surface area contributed by atoms with E-state index in [1.165, 1.54) is 0 Å². The van der Waals surface area contributed by atoms with E-state index < -0.39 is 11.2 Å². The Morgan fingerprint density at radius 3 is 2.84 bits per heavy atom. The summed E-state index contributed by atoms with van der Waals surface area (Å²) in [5, 5.41) is 8.73. The number of aromatic nitrogens is 2. The number of anilines is 1. The maximum Gasteiger partial charge on any atom is 0.445 e. The largest absolute Gasteiger partial charge is 0.445 e. The summed E-state index contributed by atoms with van der Waals surface area (Å²) >= 11 is 0.489. The Morgan fingerprint density at radius 2 is 2.16 bits per heavy atom. The lowest BCUT2D eigenvalue weighted by molar-refractivity contribution is -0.138. The summed E-state index contributed by atoms with van der Waals surface area (Å²) in [7, 11) is 0. The first-order chi connectivity index (χ1) is 8.97. The number of rotatable bonds is 2. The van der Waals surface area contributed by atoms with Gasteiger partial charge in [0.25, 0.3) is 0 Å². The van der Waals surface area contributed by atoms with E-state index in [-0.39, 0.29) is 23.3 Å². The van der Waals surface area contributed by atoms with Gasteiger partial charge < -0.3 is 15.8 Å². The summed E-state index contributed by atoms with van der Waals surface area (Å²) in [6.07, 6.45) is -2.49. The first-order valence-corrected chi connectivity index (χ1v) is 6.83. The van der Waals surface area contributed by atoms with Crippen molar-refractivity contribution in [3.05, 3.63) is 5.01 Å². The maximum absolute atomic E-state index is 12.4. The zero-order valence-corrected chi connectivity index (χ0v) is 10.7. The molecule has 0 bridgehead atoms. The molecule has 4 unspecified atom stereocenters. The van der Waals surface area contributed by atoms with Gasteiger partial charge in [-0.25, -0.2) is 0 Å². The molecule has 1 saturated heterocycles. The van der Waals surface area contributed by atoms with E-state index in [1.807, 2.05) is 0 Å². The van der Waals surface area contributed by atoms with Crippen LogP contribution >= 0.6 is 11.3 Å². The first kappa shape index (κ1) is 13.1. The molecule has 1 aromatic heterocycles. The third kappa shape index (κ3) is 2.30. The molecule has 9 heteroatoms. The van der Waals surface area contributed by atoms with Crippen molar-refractivity contribution in [2.75, 3.05) is 11.9 Å². The van der Waals surface area contributed by atoms with Crippen LogP contribution in [0.2, 0.25) is 0 Å². The number of hydrogen-bond acceptors (Lipinski definition) is 6. The second-order valence-corrected chi connectivity index (χ2v) is 5.78. The summed E-state index contributed by atoms with van der Waals surface area (Å²) in [5.74, 6) is 0.293. The third-order valence-electron chi connectivity index (χ3n) is 3.63. The fourth-order valence-electron chi connectivity index (χ4n) is 2.66. The van der Waals surface area contributed by atoms with Gasteiger partial charge in [-0.15, -0.1) is 10.2 Å². The van der Waals surface area contributed by atoms with Crippen molar-refractivity contribution in [2.45, 2.75) is 37.2 Å². The summed E-state index contributed by atoms with van der Waals surface area (Å²) in [5.41, 5.74) is 6.01. The van der Waals surface area contributed by atoms with Crippen LogP contribution in [0.1, 0.15) is 17.8 Å². The minimum atomic E-state index is -4.46. The van der Waals surface area contributed by atoms with Gasteiger partial charge in [-0.05, 0) is 12.8 Å². The van der Waals surface area contributed by atoms with Crippen LogP contribution in [-0.2, 0) is 10.9 Å². The van der Waals surface area contributed by atoms with Crippen LogP contribution in [0.15, 0.2) is 0 Å². The molecule has 1 aliphatic carbocycles. The molecule has 0 radical (unpaired) electrons. The predicted molar refractivity (Wildman–Crippen MR) is 62.8 cm³/mol. The van der Waals surface area contributed by atoms with Crippen molar-refractivity contribution in [1.29, 1.82) is 0 Å². The number of halogens is 3. The van der Waals surface area contributed by atoms with Gasteiger partial charge in [-0.2, -0.15) is 13.2 Å². The highest BCUT2D eigenvalue weighted by molar-refractivity contribution is 7.15.